The molecule has 0 bridgehead atoms. The zero-order valence-corrected chi connectivity index (χ0v) is 7.46. The summed E-state index contributed by atoms with van der Waals surface area (Å²) >= 11 is 0. The maximum Gasteiger partial charge on any atom is 0.123 e. The van der Waals surface area contributed by atoms with E-state index >= 15 is 0 Å². The fourth-order valence-electron chi connectivity index (χ4n) is 1.12. The first kappa shape index (κ1) is 9.95. The Morgan fingerprint density at radius 2 is 2.23 bits per heavy atom. The quantitative estimate of drug-likeness (QED) is 0.730. The lowest BCUT2D eigenvalue weighted by Crippen LogP contribution is -2.21. The van der Waals surface area contributed by atoms with Gasteiger partial charge < -0.3 is 16.2 Å². The molecular formula is C9H13FN2O. The molecule has 0 radical (unpaired) electrons. The Bertz CT molecular complexity index is 291. The fourth-order valence-corrected chi connectivity index (χ4v) is 1.12. The predicted octanol–water partition coefficient (Wildman–Crippen LogP) is 0.793. The number of ether oxygens (including phenoxy) is 1. The second kappa shape index (κ2) is 4.20. The summed E-state index contributed by atoms with van der Waals surface area (Å²) in [5, 5.41) is 0. The molecule has 0 heterocycles. The van der Waals surface area contributed by atoms with Gasteiger partial charge in [0.25, 0.3) is 0 Å². The van der Waals surface area contributed by atoms with Crippen molar-refractivity contribution in [3.63, 3.8) is 0 Å². The van der Waals surface area contributed by atoms with Crippen molar-refractivity contribution >= 4 is 0 Å². The molecular weight excluding hydrogens is 171 g/mol. The van der Waals surface area contributed by atoms with Crippen LogP contribution in [0.2, 0.25) is 0 Å². The Balaban J connectivity index is 3.07. The molecule has 0 aliphatic rings. The van der Waals surface area contributed by atoms with Gasteiger partial charge in [0.05, 0.1) is 7.11 Å². The summed E-state index contributed by atoms with van der Waals surface area (Å²) in [6, 6.07) is 3.83. The fraction of sp³-hybridized carbons (Fsp3) is 0.333. The van der Waals surface area contributed by atoms with E-state index in [4.69, 9.17) is 16.2 Å². The standard InChI is InChI=1S/C9H13FN2O/c1-13-9-3-2-6(10)4-7(9)8(12)5-11/h2-4,8H,5,11-12H2,1H3/t8-/m0/s1. The molecule has 0 aliphatic heterocycles. The molecule has 0 fully saturated rings. The van der Waals surface area contributed by atoms with E-state index in [0.29, 0.717) is 11.3 Å². The van der Waals surface area contributed by atoms with E-state index in [2.05, 4.69) is 0 Å². The van der Waals surface area contributed by atoms with Crippen LogP contribution in [-0.4, -0.2) is 13.7 Å². The number of hydrogen-bond donors (Lipinski definition) is 2. The van der Waals surface area contributed by atoms with Crippen molar-refractivity contribution in [2.75, 3.05) is 13.7 Å². The lowest BCUT2D eigenvalue weighted by Gasteiger charge is -2.13. The number of rotatable bonds is 3. The molecule has 0 spiro atoms. The molecule has 1 rings (SSSR count). The van der Waals surface area contributed by atoms with Crippen molar-refractivity contribution in [3.8, 4) is 5.75 Å². The van der Waals surface area contributed by atoms with Crippen LogP contribution in [0.15, 0.2) is 18.2 Å². The summed E-state index contributed by atoms with van der Waals surface area (Å²) in [5.41, 5.74) is 11.6. The largest absolute Gasteiger partial charge is 0.496 e. The Morgan fingerprint density at radius 3 is 2.77 bits per heavy atom. The molecule has 3 nitrogen and oxygen atoms in total. The molecule has 0 unspecified atom stereocenters. The van der Waals surface area contributed by atoms with Crippen LogP contribution in [0.25, 0.3) is 0 Å². The van der Waals surface area contributed by atoms with Crippen molar-refractivity contribution in [2.45, 2.75) is 6.04 Å². The smallest absolute Gasteiger partial charge is 0.123 e. The van der Waals surface area contributed by atoms with E-state index in [1.165, 1.54) is 19.2 Å². The highest BCUT2D eigenvalue weighted by molar-refractivity contribution is 5.36. The van der Waals surface area contributed by atoms with Crippen molar-refractivity contribution in [1.29, 1.82) is 0 Å². The zero-order valence-electron chi connectivity index (χ0n) is 7.46. The average Bonchev–Trinajstić information content (AvgIpc) is 2.16. The molecule has 4 heteroatoms. The summed E-state index contributed by atoms with van der Waals surface area (Å²) in [5.74, 6) is 0.235. The van der Waals surface area contributed by atoms with Crippen LogP contribution in [0, 0.1) is 5.82 Å². The number of nitrogens with two attached hydrogens (primary N) is 2. The van der Waals surface area contributed by atoms with Gasteiger partial charge in [0, 0.05) is 18.2 Å². The monoisotopic (exact) mass is 184 g/mol. The van der Waals surface area contributed by atoms with Gasteiger partial charge in [0.15, 0.2) is 0 Å². The molecule has 1 aromatic carbocycles. The highest BCUT2D eigenvalue weighted by Crippen LogP contribution is 2.23. The molecule has 72 valence electrons. The van der Waals surface area contributed by atoms with Gasteiger partial charge in [-0.05, 0) is 18.2 Å². The van der Waals surface area contributed by atoms with Crippen LogP contribution in [0.1, 0.15) is 11.6 Å². The lowest BCUT2D eigenvalue weighted by molar-refractivity contribution is 0.404. The van der Waals surface area contributed by atoms with Gasteiger partial charge in [-0.25, -0.2) is 4.39 Å². The first-order valence-corrected chi connectivity index (χ1v) is 3.98. The normalized spacial score (nSPS) is 12.6. The zero-order chi connectivity index (χ0) is 9.84. The Labute approximate surface area is 76.5 Å². The topological polar surface area (TPSA) is 61.3 Å². The molecule has 0 saturated heterocycles. The van der Waals surface area contributed by atoms with Gasteiger partial charge in [-0.15, -0.1) is 0 Å². The average molecular weight is 184 g/mol. The summed E-state index contributed by atoms with van der Waals surface area (Å²) < 4.78 is 17.8. The second-order valence-corrected chi connectivity index (χ2v) is 2.73. The number of halogens is 1. The third-order valence-electron chi connectivity index (χ3n) is 1.85. The minimum Gasteiger partial charge on any atom is -0.496 e. The summed E-state index contributed by atoms with van der Waals surface area (Å²) in [6.45, 7) is 0.264. The Morgan fingerprint density at radius 1 is 1.54 bits per heavy atom. The molecule has 0 aromatic heterocycles. The molecule has 0 amide bonds. The van der Waals surface area contributed by atoms with E-state index in [0.717, 1.165) is 0 Å². The van der Waals surface area contributed by atoms with Gasteiger partial charge in [0.2, 0.25) is 0 Å². The number of methoxy groups -OCH3 is 1. The van der Waals surface area contributed by atoms with Crippen molar-refractivity contribution in [1.82, 2.24) is 0 Å². The van der Waals surface area contributed by atoms with Crippen LogP contribution in [-0.2, 0) is 0 Å². The van der Waals surface area contributed by atoms with Crippen molar-refractivity contribution in [2.24, 2.45) is 11.5 Å². The maximum atomic E-state index is 12.8. The maximum absolute atomic E-state index is 12.8. The van der Waals surface area contributed by atoms with Crippen molar-refractivity contribution in [3.05, 3.63) is 29.6 Å². The number of benzene rings is 1. The highest BCUT2D eigenvalue weighted by atomic mass is 19.1. The first-order valence-electron chi connectivity index (χ1n) is 3.98. The SMILES string of the molecule is COc1ccc(F)cc1[C@@H](N)CN. The van der Waals surface area contributed by atoms with E-state index < -0.39 is 0 Å². The van der Waals surface area contributed by atoms with E-state index in [1.807, 2.05) is 0 Å². The lowest BCUT2D eigenvalue weighted by atomic mass is 10.1. The predicted molar refractivity (Wildman–Crippen MR) is 48.9 cm³/mol. The van der Waals surface area contributed by atoms with Crippen LogP contribution in [0.5, 0.6) is 5.75 Å². The van der Waals surface area contributed by atoms with Crippen LogP contribution < -0.4 is 16.2 Å². The van der Waals surface area contributed by atoms with Gasteiger partial charge in [-0.3, -0.25) is 0 Å². The van der Waals surface area contributed by atoms with E-state index in [1.54, 1.807) is 6.07 Å². The first-order chi connectivity index (χ1) is 6.19. The molecule has 1 atom stereocenters. The van der Waals surface area contributed by atoms with E-state index in [-0.39, 0.29) is 18.4 Å². The van der Waals surface area contributed by atoms with Gasteiger partial charge in [-0.2, -0.15) is 0 Å². The van der Waals surface area contributed by atoms with Gasteiger partial charge >= 0.3 is 0 Å². The van der Waals surface area contributed by atoms with Crippen LogP contribution in [0.4, 0.5) is 4.39 Å². The third kappa shape index (κ3) is 2.17. The minimum atomic E-state index is -0.384. The summed E-state index contributed by atoms with van der Waals surface area (Å²) in [6.07, 6.45) is 0. The minimum absolute atomic E-state index is 0.264. The van der Waals surface area contributed by atoms with Crippen molar-refractivity contribution < 1.29 is 9.13 Å². The Kier molecular flexibility index (Phi) is 3.22. The molecule has 13 heavy (non-hydrogen) atoms. The highest BCUT2D eigenvalue weighted by Gasteiger charge is 2.10. The second-order valence-electron chi connectivity index (χ2n) is 2.73. The molecule has 0 saturated carbocycles. The van der Waals surface area contributed by atoms with Crippen LogP contribution >= 0.6 is 0 Å². The molecule has 1 aromatic rings. The molecule has 0 aliphatic carbocycles. The van der Waals surface area contributed by atoms with Gasteiger partial charge in [-0.1, -0.05) is 0 Å². The summed E-state index contributed by atoms with van der Waals surface area (Å²) in [4.78, 5) is 0. The van der Waals surface area contributed by atoms with Crippen LogP contribution in [0.3, 0.4) is 0 Å². The third-order valence-corrected chi connectivity index (χ3v) is 1.85. The van der Waals surface area contributed by atoms with Gasteiger partial charge in [0.1, 0.15) is 11.6 Å². The van der Waals surface area contributed by atoms with E-state index in [9.17, 15) is 4.39 Å². The summed E-state index contributed by atoms with van der Waals surface area (Å²) in [7, 11) is 1.51. The number of hydrogen-bond acceptors (Lipinski definition) is 3. The Hall–Kier alpha value is -1.13. The molecule has 4 N–H and O–H groups in total.